The zero-order valence-corrected chi connectivity index (χ0v) is 13.1. The topological polar surface area (TPSA) is 74.7 Å². The normalized spacial score (nSPS) is 22.3. The first-order chi connectivity index (χ1) is 10.6. The highest BCUT2D eigenvalue weighted by atomic mass is 32.2. The third kappa shape index (κ3) is 3.44. The predicted molar refractivity (Wildman–Crippen MR) is 77.1 cm³/mol. The molecule has 2 atom stereocenters. The molecule has 23 heavy (non-hydrogen) atoms. The third-order valence-corrected chi connectivity index (χ3v) is 5.75. The second-order valence-corrected chi connectivity index (χ2v) is 7.62. The molecular formula is C14H16F3NO4S. The van der Waals surface area contributed by atoms with Gasteiger partial charge >= 0.3 is 12.1 Å². The number of hydrogen-bond acceptors (Lipinski definition) is 4. The number of carboxylic acid groups (broad SMARTS) is 1. The first-order valence-corrected chi connectivity index (χ1v) is 8.59. The maximum absolute atomic E-state index is 13.1. The molecule has 1 aliphatic heterocycles. The SMILES string of the molecule is CCS(=O)(=O)c1ccccc1N1C[C@@H](C(F)(F)F)[C@H](C(=O)O)C1. The van der Waals surface area contributed by atoms with Gasteiger partial charge in [0.1, 0.15) is 0 Å². The lowest BCUT2D eigenvalue weighted by Gasteiger charge is -2.22. The van der Waals surface area contributed by atoms with Gasteiger partial charge in [0.05, 0.1) is 28.2 Å². The molecule has 1 aromatic rings. The Kier molecular flexibility index (Phi) is 4.61. The highest BCUT2D eigenvalue weighted by Crippen LogP contribution is 2.40. The summed E-state index contributed by atoms with van der Waals surface area (Å²) in [6, 6.07) is 5.73. The molecule has 0 unspecified atom stereocenters. The lowest BCUT2D eigenvalue weighted by Crippen LogP contribution is -2.33. The quantitative estimate of drug-likeness (QED) is 0.900. The summed E-state index contributed by atoms with van der Waals surface area (Å²) in [6.07, 6.45) is -4.66. The van der Waals surface area contributed by atoms with Crippen molar-refractivity contribution in [2.45, 2.75) is 18.0 Å². The van der Waals surface area contributed by atoms with Gasteiger partial charge in [-0.2, -0.15) is 13.2 Å². The molecular weight excluding hydrogens is 335 g/mol. The fourth-order valence-electron chi connectivity index (χ4n) is 2.72. The molecule has 0 radical (unpaired) electrons. The predicted octanol–water partition coefficient (Wildman–Crippen LogP) is 2.18. The van der Waals surface area contributed by atoms with Crippen molar-refractivity contribution < 1.29 is 31.5 Å². The number of carbonyl (C=O) groups is 1. The minimum absolute atomic E-state index is 0.0746. The summed E-state index contributed by atoms with van der Waals surface area (Å²) >= 11 is 0. The van der Waals surface area contributed by atoms with Crippen LogP contribution in [0.1, 0.15) is 6.92 Å². The molecule has 1 aliphatic rings. The molecule has 1 saturated heterocycles. The van der Waals surface area contributed by atoms with Crippen LogP contribution in [0, 0.1) is 11.8 Å². The van der Waals surface area contributed by atoms with E-state index in [-0.39, 0.29) is 22.9 Å². The van der Waals surface area contributed by atoms with Crippen LogP contribution in [-0.2, 0) is 14.6 Å². The fraction of sp³-hybridized carbons (Fsp3) is 0.500. The second-order valence-electron chi connectivity index (χ2n) is 5.37. The summed E-state index contributed by atoms with van der Waals surface area (Å²) in [4.78, 5) is 12.2. The van der Waals surface area contributed by atoms with Crippen molar-refractivity contribution in [1.29, 1.82) is 0 Å². The van der Waals surface area contributed by atoms with Gasteiger partial charge in [-0.3, -0.25) is 4.79 Å². The first kappa shape index (κ1) is 17.6. The number of halogens is 3. The number of aliphatic carboxylic acids is 1. The smallest absolute Gasteiger partial charge is 0.394 e. The Balaban J connectivity index is 2.44. The van der Waals surface area contributed by atoms with E-state index in [2.05, 4.69) is 0 Å². The molecule has 0 aliphatic carbocycles. The van der Waals surface area contributed by atoms with Gasteiger partial charge in [-0.15, -0.1) is 0 Å². The molecule has 9 heteroatoms. The molecule has 0 spiro atoms. The number of rotatable bonds is 4. The van der Waals surface area contributed by atoms with Gasteiger partial charge in [0.2, 0.25) is 0 Å². The van der Waals surface area contributed by atoms with Crippen LogP contribution in [0.2, 0.25) is 0 Å². The fourth-order valence-corrected chi connectivity index (χ4v) is 3.83. The van der Waals surface area contributed by atoms with Crippen LogP contribution >= 0.6 is 0 Å². The molecule has 1 fully saturated rings. The van der Waals surface area contributed by atoms with Crippen LogP contribution in [0.3, 0.4) is 0 Å². The van der Waals surface area contributed by atoms with E-state index in [1.165, 1.54) is 36.1 Å². The molecule has 1 heterocycles. The highest BCUT2D eigenvalue weighted by Gasteiger charge is 2.53. The van der Waals surface area contributed by atoms with Crippen LogP contribution in [0.25, 0.3) is 0 Å². The maximum Gasteiger partial charge on any atom is 0.394 e. The van der Waals surface area contributed by atoms with E-state index in [1.807, 2.05) is 0 Å². The largest absolute Gasteiger partial charge is 0.481 e. The molecule has 2 rings (SSSR count). The molecule has 128 valence electrons. The minimum Gasteiger partial charge on any atom is -0.481 e. The molecule has 0 saturated carbocycles. The van der Waals surface area contributed by atoms with Crippen molar-refractivity contribution in [2.24, 2.45) is 11.8 Å². The van der Waals surface area contributed by atoms with E-state index in [0.717, 1.165) is 0 Å². The van der Waals surface area contributed by atoms with Gasteiger partial charge in [-0.1, -0.05) is 19.1 Å². The minimum atomic E-state index is -4.66. The van der Waals surface area contributed by atoms with Crippen molar-refractivity contribution in [2.75, 3.05) is 23.7 Å². The standard InChI is InChI=1S/C14H16F3NO4S/c1-2-23(21,22)12-6-4-3-5-11(12)18-7-9(13(19)20)10(8-18)14(15,16)17/h3-6,9-10H,2,7-8H2,1H3,(H,19,20)/t9-,10-/m1/s1. The van der Waals surface area contributed by atoms with Crippen molar-refractivity contribution in [3.63, 3.8) is 0 Å². The summed E-state index contributed by atoms with van der Waals surface area (Å²) in [5.74, 6) is -5.38. The van der Waals surface area contributed by atoms with Crippen molar-refractivity contribution in [3.05, 3.63) is 24.3 Å². The van der Waals surface area contributed by atoms with Gasteiger partial charge < -0.3 is 10.0 Å². The summed E-state index contributed by atoms with van der Waals surface area (Å²) in [5, 5.41) is 9.04. The highest BCUT2D eigenvalue weighted by molar-refractivity contribution is 7.91. The monoisotopic (exact) mass is 351 g/mol. The van der Waals surface area contributed by atoms with E-state index in [1.54, 1.807) is 0 Å². The number of hydrogen-bond donors (Lipinski definition) is 1. The van der Waals surface area contributed by atoms with Gasteiger partial charge in [0.25, 0.3) is 0 Å². The Morgan fingerprint density at radius 1 is 1.30 bits per heavy atom. The van der Waals surface area contributed by atoms with E-state index in [4.69, 9.17) is 5.11 Å². The Labute approximate surface area is 131 Å². The number of carboxylic acids is 1. The first-order valence-electron chi connectivity index (χ1n) is 6.94. The van der Waals surface area contributed by atoms with E-state index >= 15 is 0 Å². The lowest BCUT2D eigenvalue weighted by molar-refractivity contribution is -0.187. The third-order valence-electron chi connectivity index (χ3n) is 3.98. The van der Waals surface area contributed by atoms with Gasteiger partial charge in [0.15, 0.2) is 9.84 Å². The average molecular weight is 351 g/mol. The van der Waals surface area contributed by atoms with Crippen LogP contribution < -0.4 is 4.90 Å². The van der Waals surface area contributed by atoms with Gasteiger partial charge in [0, 0.05) is 13.1 Å². The summed E-state index contributed by atoms with van der Waals surface area (Å²) in [5.41, 5.74) is 0.118. The van der Waals surface area contributed by atoms with Crippen molar-refractivity contribution in [1.82, 2.24) is 0 Å². The van der Waals surface area contributed by atoms with E-state index < -0.39 is 40.4 Å². The number of benzene rings is 1. The summed E-state index contributed by atoms with van der Waals surface area (Å²) < 4.78 is 63.4. The molecule has 5 nitrogen and oxygen atoms in total. The molecule has 0 bridgehead atoms. The zero-order valence-electron chi connectivity index (χ0n) is 12.2. The second kappa shape index (κ2) is 6.03. The van der Waals surface area contributed by atoms with E-state index in [0.29, 0.717) is 0 Å². The van der Waals surface area contributed by atoms with Crippen LogP contribution in [0.4, 0.5) is 18.9 Å². The number of nitrogens with zero attached hydrogens (tertiary/aromatic N) is 1. The Morgan fingerprint density at radius 2 is 1.91 bits per heavy atom. The molecule has 0 amide bonds. The number of para-hydroxylation sites is 1. The number of anilines is 1. The van der Waals surface area contributed by atoms with Crippen LogP contribution in [0.15, 0.2) is 29.2 Å². The molecule has 1 N–H and O–H groups in total. The summed E-state index contributed by atoms with van der Waals surface area (Å²) in [7, 11) is -3.63. The van der Waals surface area contributed by atoms with Gasteiger partial charge in [-0.25, -0.2) is 8.42 Å². The summed E-state index contributed by atoms with van der Waals surface area (Å²) in [6.45, 7) is 0.487. The van der Waals surface area contributed by atoms with E-state index in [9.17, 15) is 26.4 Å². The average Bonchev–Trinajstić information content (AvgIpc) is 2.92. The van der Waals surface area contributed by atoms with Crippen LogP contribution in [-0.4, -0.2) is 44.5 Å². The number of alkyl halides is 3. The zero-order chi connectivity index (χ0) is 17.4. The Morgan fingerprint density at radius 3 is 2.39 bits per heavy atom. The maximum atomic E-state index is 13.1. The number of sulfone groups is 1. The molecule has 0 aromatic heterocycles. The van der Waals surface area contributed by atoms with Gasteiger partial charge in [-0.05, 0) is 12.1 Å². The van der Waals surface area contributed by atoms with Crippen LogP contribution in [0.5, 0.6) is 0 Å². The Bertz CT molecular complexity index is 702. The Hall–Kier alpha value is -1.77. The molecule has 1 aromatic carbocycles. The lowest BCUT2D eigenvalue weighted by atomic mass is 9.96. The van der Waals surface area contributed by atoms with Crippen molar-refractivity contribution >= 4 is 21.5 Å². The van der Waals surface area contributed by atoms with Crippen molar-refractivity contribution in [3.8, 4) is 0 Å².